The van der Waals surface area contributed by atoms with Gasteiger partial charge < -0.3 is 0 Å². The first-order chi connectivity index (χ1) is 22.7. The molecular weight excluding hydrogens is 592 g/mol. The van der Waals surface area contributed by atoms with Gasteiger partial charge in [0.05, 0.1) is 0 Å². The van der Waals surface area contributed by atoms with E-state index in [0.29, 0.717) is 22.7 Å². The van der Waals surface area contributed by atoms with Crippen LogP contribution in [0, 0.1) is 69.6 Å². The van der Waals surface area contributed by atoms with Crippen LogP contribution in [-0.2, 0) is 0 Å². The lowest BCUT2D eigenvalue weighted by Gasteiger charge is -2.60. The molecule has 6 fully saturated rings. The molecular formula is C43H58F4. The molecule has 2 aromatic rings. The molecule has 0 saturated heterocycles. The van der Waals surface area contributed by atoms with Crippen LogP contribution in [-0.4, -0.2) is 0 Å². The van der Waals surface area contributed by atoms with E-state index in [2.05, 4.69) is 13.8 Å². The molecule has 0 N–H and O–H groups in total. The van der Waals surface area contributed by atoms with Crippen molar-refractivity contribution < 1.29 is 17.6 Å². The summed E-state index contributed by atoms with van der Waals surface area (Å²) >= 11 is 0. The van der Waals surface area contributed by atoms with Crippen LogP contribution in [0.25, 0.3) is 0 Å². The molecule has 0 aliphatic heterocycles. The van der Waals surface area contributed by atoms with Gasteiger partial charge in [0.25, 0.3) is 0 Å². The maximum Gasteiger partial charge on any atom is 0.159 e. The summed E-state index contributed by atoms with van der Waals surface area (Å²) in [5, 5.41) is 0. The van der Waals surface area contributed by atoms with Gasteiger partial charge in [0, 0.05) is 0 Å². The van der Waals surface area contributed by atoms with Gasteiger partial charge in [-0.1, -0.05) is 70.9 Å². The molecule has 6 aliphatic rings. The quantitative estimate of drug-likeness (QED) is 0.262. The number of halogens is 4. The standard InChI is InChI=1S/C22H30F2.C21H28F2/c1-2-3-15-4-6-16(7-5-15)18-11-22(12-18)13-19(14-22)17-8-9-20(23)21(24)10-17;1-2-14-3-5-15(6-4-14)17-10-21(11-17)12-18(13-21)16-7-8-19(22)20(23)9-16/h8-10,15-16,18-19H,2-7,11-14H2,1H3;7-9,14-15,17-18H,2-6,10-13H2,1H3. The van der Waals surface area contributed by atoms with E-state index in [1.54, 1.807) is 12.1 Å². The van der Waals surface area contributed by atoms with Crippen molar-refractivity contribution in [2.75, 3.05) is 0 Å². The van der Waals surface area contributed by atoms with E-state index in [0.717, 1.165) is 46.6 Å². The van der Waals surface area contributed by atoms with Gasteiger partial charge in [-0.05, 0) is 171 Å². The second-order valence-corrected chi connectivity index (χ2v) is 17.7. The van der Waals surface area contributed by atoms with Gasteiger partial charge in [-0.2, -0.15) is 0 Å². The molecule has 6 aliphatic carbocycles. The molecule has 0 unspecified atom stereocenters. The third kappa shape index (κ3) is 7.10. The molecule has 4 heteroatoms. The topological polar surface area (TPSA) is 0 Å². The van der Waals surface area contributed by atoms with Gasteiger partial charge in [0.15, 0.2) is 23.3 Å². The minimum atomic E-state index is -0.728. The van der Waals surface area contributed by atoms with Crippen LogP contribution in [0.3, 0.4) is 0 Å². The van der Waals surface area contributed by atoms with Crippen LogP contribution in [0.2, 0.25) is 0 Å². The Morgan fingerprint density at radius 3 is 1.26 bits per heavy atom. The van der Waals surface area contributed by atoms with Crippen LogP contribution in [0.1, 0.15) is 159 Å². The van der Waals surface area contributed by atoms with E-state index in [1.165, 1.54) is 146 Å². The third-order valence-corrected chi connectivity index (χ3v) is 14.7. The van der Waals surface area contributed by atoms with Crippen molar-refractivity contribution in [2.45, 2.75) is 148 Å². The SMILES string of the molecule is CCC1CCC(C2CC3(CC(c4ccc(F)c(F)c4)C3)C2)CC1.CCCC1CCC(C2CC3(CC(c4ccc(F)c(F)c4)C3)C2)CC1. The Labute approximate surface area is 281 Å². The van der Waals surface area contributed by atoms with Crippen molar-refractivity contribution in [3.8, 4) is 0 Å². The Hall–Kier alpha value is -1.84. The van der Waals surface area contributed by atoms with Crippen molar-refractivity contribution in [2.24, 2.45) is 46.3 Å². The number of hydrogen-bond acceptors (Lipinski definition) is 0. The van der Waals surface area contributed by atoms with Crippen molar-refractivity contribution in [1.29, 1.82) is 0 Å². The lowest BCUT2D eigenvalue weighted by atomic mass is 9.45. The average Bonchev–Trinajstić information content (AvgIpc) is 2.99. The fourth-order valence-electron chi connectivity index (χ4n) is 11.8. The molecule has 0 nitrogen and oxygen atoms in total. The van der Waals surface area contributed by atoms with Crippen molar-refractivity contribution in [1.82, 2.24) is 0 Å². The largest absolute Gasteiger partial charge is 0.204 e. The van der Waals surface area contributed by atoms with Gasteiger partial charge >= 0.3 is 0 Å². The van der Waals surface area contributed by atoms with E-state index in [4.69, 9.17) is 0 Å². The molecule has 2 aromatic carbocycles. The van der Waals surface area contributed by atoms with Gasteiger partial charge in [-0.15, -0.1) is 0 Å². The fraction of sp³-hybridized carbons (Fsp3) is 0.721. The van der Waals surface area contributed by atoms with Crippen LogP contribution in [0.4, 0.5) is 17.6 Å². The number of benzene rings is 2. The second-order valence-electron chi connectivity index (χ2n) is 17.7. The van der Waals surface area contributed by atoms with E-state index < -0.39 is 23.3 Å². The zero-order chi connectivity index (χ0) is 32.8. The molecule has 258 valence electrons. The maximum atomic E-state index is 13.4. The summed E-state index contributed by atoms with van der Waals surface area (Å²) in [4.78, 5) is 0. The monoisotopic (exact) mass is 650 g/mol. The van der Waals surface area contributed by atoms with Crippen LogP contribution >= 0.6 is 0 Å². The fourth-order valence-corrected chi connectivity index (χ4v) is 11.8. The van der Waals surface area contributed by atoms with Crippen LogP contribution < -0.4 is 0 Å². The Morgan fingerprint density at radius 2 is 0.894 bits per heavy atom. The highest BCUT2D eigenvalue weighted by Crippen LogP contribution is 2.67. The molecule has 0 amide bonds. The molecule has 0 bridgehead atoms. The molecule has 0 heterocycles. The molecule has 0 aromatic heterocycles. The van der Waals surface area contributed by atoms with Crippen molar-refractivity contribution in [3.05, 3.63) is 70.8 Å². The zero-order valence-corrected chi connectivity index (χ0v) is 29.0. The lowest BCUT2D eigenvalue weighted by molar-refractivity contribution is -0.0727. The van der Waals surface area contributed by atoms with Gasteiger partial charge in [0.2, 0.25) is 0 Å². The third-order valence-electron chi connectivity index (χ3n) is 14.7. The zero-order valence-electron chi connectivity index (χ0n) is 29.0. The van der Waals surface area contributed by atoms with E-state index >= 15 is 0 Å². The predicted octanol–water partition coefficient (Wildman–Crippen LogP) is 13.3. The van der Waals surface area contributed by atoms with E-state index in [-0.39, 0.29) is 0 Å². The minimum absolute atomic E-state index is 0.460. The van der Waals surface area contributed by atoms with Gasteiger partial charge in [-0.3, -0.25) is 0 Å². The summed E-state index contributed by atoms with van der Waals surface area (Å²) in [5.74, 6) is 3.94. The number of hydrogen-bond donors (Lipinski definition) is 0. The molecule has 47 heavy (non-hydrogen) atoms. The highest BCUT2D eigenvalue weighted by Gasteiger charge is 2.55. The predicted molar refractivity (Wildman–Crippen MR) is 183 cm³/mol. The summed E-state index contributed by atoms with van der Waals surface area (Å²) in [6, 6.07) is 8.95. The Kier molecular flexibility index (Phi) is 9.89. The van der Waals surface area contributed by atoms with Gasteiger partial charge in [-0.25, -0.2) is 17.6 Å². The van der Waals surface area contributed by atoms with Crippen LogP contribution in [0.15, 0.2) is 36.4 Å². The van der Waals surface area contributed by atoms with E-state index in [9.17, 15) is 17.6 Å². The first-order valence-corrected chi connectivity index (χ1v) is 19.6. The van der Waals surface area contributed by atoms with E-state index in [1.807, 2.05) is 0 Å². The summed E-state index contributed by atoms with van der Waals surface area (Å²) in [6.07, 6.45) is 26.1. The molecule has 2 spiro atoms. The second kappa shape index (κ2) is 13.8. The molecule has 0 radical (unpaired) electrons. The number of rotatable bonds is 7. The Morgan fingerprint density at radius 1 is 0.489 bits per heavy atom. The average molecular weight is 651 g/mol. The molecule has 8 rings (SSSR count). The molecule has 0 atom stereocenters. The Bertz CT molecular complexity index is 1340. The molecule has 6 saturated carbocycles. The minimum Gasteiger partial charge on any atom is -0.204 e. The lowest BCUT2D eigenvalue weighted by Crippen LogP contribution is -2.49. The Balaban J connectivity index is 0.000000150. The summed E-state index contributed by atoms with van der Waals surface area (Å²) in [7, 11) is 0. The first-order valence-electron chi connectivity index (χ1n) is 19.6. The van der Waals surface area contributed by atoms with Crippen molar-refractivity contribution >= 4 is 0 Å². The maximum absolute atomic E-state index is 13.4. The summed E-state index contributed by atoms with van der Waals surface area (Å²) < 4.78 is 52.9. The van der Waals surface area contributed by atoms with Gasteiger partial charge in [0.1, 0.15) is 0 Å². The summed E-state index contributed by atoms with van der Waals surface area (Å²) in [5.41, 5.74) is 3.12. The highest BCUT2D eigenvalue weighted by atomic mass is 19.2. The highest BCUT2D eigenvalue weighted by molar-refractivity contribution is 5.28. The van der Waals surface area contributed by atoms with Crippen LogP contribution in [0.5, 0.6) is 0 Å². The smallest absolute Gasteiger partial charge is 0.159 e. The van der Waals surface area contributed by atoms with Crippen molar-refractivity contribution in [3.63, 3.8) is 0 Å². The normalized spacial score (nSPS) is 39.2. The summed E-state index contributed by atoms with van der Waals surface area (Å²) in [6.45, 7) is 4.64. The first kappa shape index (κ1) is 33.6.